The van der Waals surface area contributed by atoms with Crippen LogP contribution in [0.4, 0.5) is 0 Å². The predicted molar refractivity (Wildman–Crippen MR) is 122 cm³/mol. The lowest BCUT2D eigenvalue weighted by atomic mass is 10.1. The van der Waals surface area contributed by atoms with Crippen molar-refractivity contribution in [2.75, 3.05) is 13.7 Å². The average Bonchev–Trinajstić information content (AvgIpc) is 2.96. The van der Waals surface area contributed by atoms with E-state index in [1.807, 2.05) is 6.07 Å². The van der Waals surface area contributed by atoms with Gasteiger partial charge in [-0.15, -0.1) is 6.58 Å². The smallest absolute Gasteiger partial charge is 0.343 e. The lowest BCUT2D eigenvalue weighted by Crippen LogP contribution is -2.27. The second-order valence-electron chi connectivity index (χ2n) is 5.89. The molecule has 0 bridgehead atoms. The number of hydrogen-bond donors (Lipinski definition) is 0. The average molecular weight is 490 g/mol. The molecular weight excluding hydrogens is 474 g/mol. The van der Waals surface area contributed by atoms with Gasteiger partial charge >= 0.3 is 5.97 Å². The number of thioether (sulfide) groups is 1. The molecule has 0 unspecified atom stereocenters. The summed E-state index contributed by atoms with van der Waals surface area (Å²) in [6.45, 7) is 4.01. The predicted octanol–water partition coefficient (Wildman–Crippen LogP) is 5.06. The van der Waals surface area contributed by atoms with Crippen LogP contribution in [0, 0.1) is 0 Å². The van der Waals surface area contributed by atoms with Gasteiger partial charge in [-0.2, -0.15) is 0 Å². The first-order chi connectivity index (χ1) is 13.9. The fourth-order valence-electron chi connectivity index (χ4n) is 2.57. The van der Waals surface area contributed by atoms with E-state index in [0.717, 1.165) is 10.0 Å². The van der Waals surface area contributed by atoms with E-state index in [1.165, 1.54) is 23.8 Å². The summed E-state index contributed by atoms with van der Waals surface area (Å²) in [7, 11) is 1.49. The van der Waals surface area contributed by atoms with E-state index in [-0.39, 0.29) is 11.7 Å². The Labute approximate surface area is 186 Å². The highest BCUT2D eigenvalue weighted by Gasteiger charge is 2.31. The van der Waals surface area contributed by atoms with Crippen LogP contribution in [0.1, 0.15) is 15.9 Å². The van der Waals surface area contributed by atoms with Crippen molar-refractivity contribution in [1.82, 2.24) is 4.90 Å². The SMILES string of the molecule is C=CCN1C(=O)/C(=C\c2ccc(OC(=O)c3cccc(Br)c3)c(OC)c2)SC1=S. The van der Waals surface area contributed by atoms with Crippen molar-refractivity contribution in [2.45, 2.75) is 0 Å². The second kappa shape index (κ2) is 9.39. The normalized spacial score (nSPS) is 15.0. The van der Waals surface area contributed by atoms with Gasteiger partial charge in [-0.25, -0.2) is 4.79 Å². The summed E-state index contributed by atoms with van der Waals surface area (Å²) in [6.07, 6.45) is 3.36. The summed E-state index contributed by atoms with van der Waals surface area (Å²) in [5.41, 5.74) is 1.14. The molecule has 148 valence electrons. The minimum absolute atomic E-state index is 0.163. The number of carbonyl (C=O) groups is 2. The monoisotopic (exact) mass is 489 g/mol. The number of ether oxygens (including phenoxy) is 2. The van der Waals surface area contributed by atoms with E-state index in [1.54, 1.807) is 48.6 Å². The number of rotatable bonds is 6. The lowest BCUT2D eigenvalue weighted by molar-refractivity contribution is -0.121. The maximum Gasteiger partial charge on any atom is 0.343 e. The van der Waals surface area contributed by atoms with Gasteiger partial charge in [-0.05, 0) is 42.0 Å². The van der Waals surface area contributed by atoms with Gasteiger partial charge in [0.05, 0.1) is 17.6 Å². The van der Waals surface area contributed by atoms with Crippen LogP contribution in [0.5, 0.6) is 11.5 Å². The van der Waals surface area contributed by atoms with Crippen LogP contribution in [0.2, 0.25) is 0 Å². The molecule has 29 heavy (non-hydrogen) atoms. The van der Waals surface area contributed by atoms with E-state index in [9.17, 15) is 9.59 Å². The molecule has 1 fully saturated rings. The first kappa shape index (κ1) is 21.3. The molecule has 1 saturated heterocycles. The molecule has 2 aromatic rings. The summed E-state index contributed by atoms with van der Waals surface area (Å²) in [4.78, 5) is 26.8. The number of hydrogen-bond acceptors (Lipinski definition) is 6. The molecule has 2 aromatic carbocycles. The fourth-order valence-corrected chi connectivity index (χ4v) is 4.24. The van der Waals surface area contributed by atoms with Gasteiger partial charge in [0.15, 0.2) is 11.5 Å². The van der Waals surface area contributed by atoms with E-state index < -0.39 is 5.97 Å². The molecule has 0 N–H and O–H groups in total. The first-order valence-electron chi connectivity index (χ1n) is 8.45. The quantitative estimate of drug-likeness (QED) is 0.186. The van der Waals surface area contributed by atoms with Gasteiger partial charge in [-0.3, -0.25) is 9.69 Å². The summed E-state index contributed by atoms with van der Waals surface area (Å²) in [6, 6.07) is 12.0. The Bertz CT molecular complexity index is 1040. The van der Waals surface area contributed by atoms with Crippen LogP contribution in [-0.2, 0) is 4.79 Å². The number of benzene rings is 2. The van der Waals surface area contributed by atoms with Gasteiger partial charge in [0.2, 0.25) is 0 Å². The van der Waals surface area contributed by atoms with Gasteiger partial charge in [0.1, 0.15) is 4.32 Å². The Kier molecular flexibility index (Phi) is 6.89. The largest absolute Gasteiger partial charge is 0.493 e. The molecule has 0 spiro atoms. The van der Waals surface area contributed by atoms with E-state index in [2.05, 4.69) is 22.5 Å². The van der Waals surface area contributed by atoms with Crippen molar-refractivity contribution in [3.63, 3.8) is 0 Å². The maximum atomic E-state index is 12.5. The molecule has 0 saturated carbocycles. The van der Waals surface area contributed by atoms with Crippen molar-refractivity contribution < 1.29 is 19.1 Å². The molecule has 0 radical (unpaired) electrons. The Balaban J connectivity index is 1.82. The van der Waals surface area contributed by atoms with Gasteiger partial charge in [0.25, 0.3) is 5.91 Å². The third-order valence-electron chi connectivity index (χ3n) is 3.93. The van der Waals surface area contributed by atoms with E-state index >= 15 is 0 Å². The Morgan fingerprint density at radius 2 is 2.07 bits per heavy atom. The van der Waals surface area contributed by atoms with Crippen molar-refractivity contribution in [3.05, 3.63) is 75.6 Å². The molecule has 0 atom stereocenters. The number of nitrogens with zero attached hydrogens (tertiary/aromatic N) is 1. The molecule has 8 heteroatoms. The number of amides is 1. The standard InChI is InChI=1S/C21H16BrNO4S2/c1-3-9-23-19(24)18(29-21(23)28)11-13-7-8-16(17(10-13)26-2)27-20(25)14-5-4-6-15(22)12-14/h3-8,10-12H,1,9H2,2H3/b18-11+. The highest BCUT2D eigenvalue weighted by Crippen LogP contribution is 2.35. The molecular formula is C21H16BrNO4S2. The van der Waals surface area contributed by atoms with Crippen LogP contribution in [-0.4, -0.2) is 34.8 Å². The van der Waals surface area contributed by atoms with Gasteiger partial charge < -0.3 is 9.47 Å². The molecule has 5 nitrogen and oxygen atoms in total. The topological polar surface area (TPSA) is 55.8 Å². The number of halogens is 1. The molecule has 0 aliphatic carbocycles. The van der Waals surface area contributed by atoms with Crippen molar-refractivity contribution in [3.8, 4) is 11.5 Å². The number of methoxy groups -OCH3 is 1. The van der Waals surface area contributed by atoms with Crippen molar-refractivity contribution in [1.29, 1.82) is 0 Å². The molecule has 3 rings (SSSR count). The number of carbonyl (C=O) groups excluding carboxylic acids is 2. The highest BCUT2D eigenvalue weighted by molar-refractivity contribution is 9.10. The number of thiocarbonyl (C=S) groups is 1. The zero-order chi connectivity index (χ0) is 21.0. The molecule has 1 amide bonds. The third-order valence-corrected chi connectivity index (χ3v) is 5.80. The van der Waals surface area contributed by atoms with Crippen LogP contribution in [0.25, 0.3) is 6.08 Å². The number of esters is 1. The minimum Gasteiger partial charge on any atom is -0.493 e. The van der Waals surface area contributed by atoms with Gasteiger partial charge in [0, 0.05) is 11.0 Å². The van der Waals surface area contributed by atoms with Crippen LogP contribution in [0.3, 0.4) is 0 Å². The van der Waals surface area contributed by atoms with Crippen molar-refractivity contribution in [2.24, 2.45) is 0 Å². The molecule has 1 aliphatic rings. The zero-order valence-corrected chi connectivity index (χ0v) is 18.6. The Morgan fingerprint density at radius 3 is 2.76 bits per heavy atom. The van der Waals surface area contributed by atoms with Crippen LogP contribution in [0.15, 0.2) is 64.5 Å². The summed E-state index contributed by atoms with van der Waals surface area (Å²) < 4.78 is 12.1. The lowest BCUT2D eigenvalue weighted by Gasteiger charge is -2.11. The molecule has 0 aromatic heterocycles. The van der Waals surface area contributed by atoms with Crippen LogP contribution >= 0.6 is 39.9 Å². The molecule has 1 aliphatic heterocycles. The second-order valence-corrected chi connectivity index (χ2v) is 8.48. The van der Waals surface area contributed by atoms with E-state index in [0.29, 0.717) is 27.1 Å². The Hall–Kier alpha value is -2.42. The van der Waals surface area contributed by atoms with E-state index in [4.69, 9.17) is 21.7 Å². The third kappa shape index (κ3) is 4.95. The maximum absolute atomic E-state index is 12.5. The Morgan fingerprint density at radius 1 is 1.28 bits per heavy atom. The van der Waals surface area contributed by atoms with Gasteiger partial charge in [-0.1, -0.05) is 58.1 Å². The molecule has 1 heterocycles. The zero-order valence-electron chi connectivity index (χ0n) is 15.4. The highest BCUT2D eigenvalue weighted by atomic mass is 79.9. The van der Waals surface area contributed by atoms with Crippen LogP contribution < -0.4 is 9.47 Å². The van der Waals surface area contributed by atoms with Crippen molar-refractivity contribution >= 4 is 62.2 Å². The summed E-state index contributed by atoms with van der Waals surface area (Å²) in [5, 5.41) is 0. The summed E-state index contributed by atoms with van der Waals surface area (Å²) >= 11 is 9.81. The summed E-state index contributed by atoms with van der Waals surface area (Å²) in [5.74, 6) is 0.00386. The first-order valence-corrected chi connectivity index (χ1v) is 10.5. The minimum atomic E-state index is -0.498. The fraction of sp³-hybridized carbons (Fsp3) is 0.0952.